The van der Waals surface area contributed by atoms with Crippen molar-refractivity contribution in [1.29, 1.82) is 0 Å². The minimum Gasteiger partial charge on any atom is -0.309 e. The van der Waals surface area contributed by atoms with Gasteiger partial charge in [0.05, 0.1) is 0 Å². The Morgan fingerprint density at radius 2 is 2.05 bits per heavy atom. The lowest BCUT2D eigenvalue weighted by molar-refractivity contribution is -0.116. The second kappa shape index (κ2) is 7.57. The first-order chi connectivity index (χ1) is 10.1. The Bertz CT molecular complexity index is 563. The molecule has 2 heterocycles. The number of pyridine rings is 1. The van der Waals surface area contributed by atoms with E-state index in [2.05, 4.69) is 29.2 Å². The predicted octanol–water partition coefficient (Wildman–Crippen LogP) is 2.90. The van der Waals surface area contributed by atoms with Crippen LogP contribution >= 0.6 is 0 Å². The van der Waals surface area contributed by atoms with Crippen molar-refractivity contribution in [3.8, 4) is 0 Å². The van der Waals surface area contributed by atoms with Crippen LogP contribution in [0.15, 0.2) is 36.8 Å². The lowest BCUT2D eigenvalue weighted by atomic mass is 10.1. The monoisotopic (exact) mass is 286 g/mol. The van der Waals surface area contributed by atoms with Crippen LogP contribution in [0.5, 0.6) is 0 Å². The van der Waals surface area contributed by atoms with E-state index < -0.39 is 0 Å². The van der Waals surface area contributed by atoms with E-state index in [1.807, 2.05) is 29.1 Å². The highest BCUT2D eigenvalue weighted by Gasteiger charge is 2.06. The Morgan fingerprint density at radius 3 is 2.76 bits per heavy atom. The molecule has 5 nitrogen and oxygen atoms in total. The van der Waals surface area contributed by atoms with Crippen molar-refractivity contribution in [2.24, 2.45) is 5.92 Å². The van der Waals surface area contributed by atoms with Crippen LogP contribution in [0.1, 0.15) is 32.3 Å². The zero-order chi connectivity index (χ0) is 15.1. The van der Waals surface area contributed by atoms with Crippen LogP contribution in [0, 0.1) is 5.92 Å². The van der Waals surface area contributed by atoms with Crippen LogP contribution in [0.4, 0.5) is 5.82 Å². The van der Waals surface area contributed by atoms with Gasteiger partial charge in [-0.2, -0.15) is 5.10 Å². The maximum atomic E-state index is 11.7. The maximum absolute atomic E-state index is 11.7. The van der Waals surface area contributed by atoms with E-state index in [-0.39, 0.29) is 5.91 Å². The minimum absolute atomic E-state index is 0.0306. The van der Waals surface area contributed by atoms with Gasteiger partial charge in [0, 0.05) is 37.6 Å². The molecule has 0 aliphatic carbocycles. The van der Waals surface area contributed by atoms with Crippen molar-refractivity contribution >= 4 is 11.7 Å². The first-order valence-corrected chi connectivity index (χ1v) is 7.35. The Morgan fingerprint density at radius 1 is 1.29 bits per heavy atom. The van der Waals surface area contributed by atoms with Gasteiger partial charge >= 0.3 is 0 Å². The van der Waals surface area contributed by atoms with Gasteiger partial charge in [-0.1, -0.05) is 13.8 Å². The van der Waals surface area contributed by atoms with Crippen molar-refractivity contribution in [1.82, 2.24) is 14.8 Å². The number of aryl methyl sites for hydroxylation is 2. The van der Waals surface area contributed by atoms with Gasteiger partial charge in [-0.25, -0.2) is 0 Å². The molecule has 5 heteroatoms. The Kier molecular flexibility index (Phi) is 5.49. The smallest absolute Gasteiger partial charge is 0.225 e. The van der Waals surface area contributed by atoms with Crippen LogP contribution in [-0.2, 0) is 17.8 Å². The van der Waals surface area contributed by atoms with E-state index in [0.29, 0.717) is 18.2 Å². The molecule has 0 spiro atoms. The molecule has 2 rings (SSSR count). The summed E-state index contributed by atoms with van der Waals surface area (Å²) in [5, 5.41) is 7.20. The number of nitrogens with one attached hydrogen (secondary N) is 1. The van der Waals surface area contributed by atoms with E-state index in [9.17, 15) is 4.79 Å². The number of hydrogen-bond donors (Lipinski definition) is 1. The van der Waals surface area contributed by atoms with Gasteiger partial charge in [-0.3, -0.25) is 14.5 Å². The summed E-state index contributed by atoms with van der Waals surface area (Å²) in [6.45, 7) is 5.01. The standard InChI is InChI=1S/C16H22N4O/c1-13(2)3-4-16(21)18-15-8-12-20(19-15)11-7-14-5-9-17-10-6-14/h5-6,8-10,12-13H,3-4,7,11H2,1-2H3,(H,18,19,21). The third-order valence-corrected chi connectivity index (χ3v) is 3.24. The fourth-order valence-electron chi connectivity index (χ4n) is 1.97. The summed E-state index contributed by atoms with van der Waals surface area (Å²) in [6, 6.07) is 5.83. The number of nitrogens with zero attached hydrogens (tertiary/aromatic N) is 3. The molecule has 0 radical (unpaired) electrons. The summed E-state index contributed by atoms with van der Waals surface area (Å²) in [7, 11) is 0. The highest BCUT2D eigenvalue weighted by Crippen LogP contribution is 2.08. The molecule has 21 heavy (non-hydrogen) atoms. The van der Waals surface area contributed by atoms with Gasteiger partial charge in [-0.15, -0.1) is 0 Å². The lowest BCUT2D eigenvalue weighted by Crippen LogP contribution is -2.13. The van der Waals surface area contributed by atoms with E-state index in [4.69, 9.17) is 0 Å². The summed E-state index contributed by atoms with van der Waals surface area (Å²) in [5.41, 5.74) is 1.23. The summed E-state index contributed by atoms with van der Waals surface area (Å²) >= 11 is 0. The number of aromatic nitrogens is 3. The molecule has 0 aromatic carbocycles. The first kappa shape index (κ1) is 15.2. The predicted molar refractivity (Wildman–Crippen MR) is 82.9 cm³/mol. The van der Waals surface area contributed by atoms with Crippen LogP contribution in [-0.4, -0.2) is 20.7 Å². The number of anilines is 1. The highest BCUT2D eigenvalue weighted by molar-refractivity contribution is 5.89. The van der Waals surface area contributed by atoms with Crippen molar-refractivity contribution in [3.63, 3.8) is 0 Å². The molecule has 0 unspecified atom stereocenters. The largest absolute Gasteiger partial charge is 0.309 e. The van der Waals surface area contributed by atoms with E-state index in [1.54, 1.807) is 12.4 Å². The molecule has 0 saturated heterocycles. The Balaban J connectivity index is 1.80. The molecule has 0 bridgehead atoms. The average Bonchev–Trinajstić information content (AvgIpc) is 2.91. The molecule has 0 saturated carbocycles. The fraction of sp³-hybridized carbons (Fsp3) is 0.438. The quantitative estimate of drug-likeness (QED) is 0.851. The third kappa shape index (κ3) is 5.38. The summed E-state index contributed by atoms with van der Waals surface area (Å²) in [5.74, 6) is 1.19. The van der Waals surface area contributed by atoms with E-state index in [1.165, 1.54) is 5.56 Å². The van der Waals surface area contributed by atoms with Crippen molar-refractivity contribution in [2.75, 3.05) is 5.32 Å². The normalized spacial score (nSPS) is 10.8. The van der Waals surface area contributed by atoms with Gasteiger partial charge in [-0.05, 0) is 36.5 Å². The molecular formula is C16H22N4O. The number of rotatable bonds is 7. The van der Waals surface area contributed by atoms with Crippen LogP contribution in [0.3, 0.4) is 0 Å². The van der Waals surface area contributed by atoms with Crippen LogP contribution in [0.2, 0.25) is 0 Å². The molecule has 2 aromatic heterocycles. The van der Waals surface area contributed by atoms with Crippen molar-refractivity contribution in [3.05, 3.63) is 42.4 Å². The molecular weight excluding hydrogens is 264 g/mol. The van der Waals surface area contributed by atoms with Gasteiger partial charge < -0.3 is 5.32 Å². The molecule has 1 N–H and O–H groups in total. The molecule has 1 amide bonds. The molecule has 0 atom stereocenters. The minimum atomic E-state index is 0.0306. The zero-order valence-corrected chi connectivity index (χ0v) is 12.6. The van der Waals surface area contributed by atoms with Gasteiger partial charge in [0.25, 0.3) is 0 Å². The first-order valence-electron chi connectivity index (χ1n) is 7.35. The fourth-order valence-corrected chi connectivity index (χ4v) is 1.97. The Labute approximate surface area is 125 Å². The lowest BCUT2D eigenvalue weighted by Gasteiger charge is -2.04. The van der Waals surface area contributed by atoms with E-state index >= 15 is 0 Å². The van der Waals surface area contributed by atoms with Crippen LogP contribution < -0.4 is 5.32 Å². The molecule has 0 fully saturated rings. The zero-order valence-electron chi connectivity index (χ0n) is 12.6. The second-order valence-corrected chi connectivity index (χ2v) is 5.55. The van der Waals surface area contributed by atoms with Crippen molar-refractivity contribution < 1.29 is 4.79 Å². The summed E-state index contributed by atoms with van der Waals surface area (Å²) in [6.07, 6.45) is 7.80. The average molecular weight is 286 g/mol. The van der Waals surface area contributed by atoms with Crippen LogP contribution in [0.25, 0.3) is 0 Å². The van der Waals surface area contributed by atoms with Gasteiger partial charge in [0.2, 0.25) is 5.91 Å². The summed E-state index contributed by atoms with van der Waals surface area (Å²) in [4.78, 5) is 15.7. The molecule has 0 aliphatic heterocycles. The number of amides is 1. The van der Waals surface area contributed by atoms with Crippen molar-refractivity contribution in [2.45, 2.75) is 39.7 Å². The van der Waals surface area contributed by atoms with Gasteiger partial charge in [0.1, 0.15) is 0 Å². The highest BCUT2D eigenvalue weighted by atomic mass is 16.1. The molecule has 2 aromatic rings. The Hall–Kier alpha value is -2.17. The molecule has 0 aliphatic rings. The SMILES string of the molecule is CC(C)CCC(=O)Nc1ccn(CCc2ccncc2)n1. The number of hydrogen-bond acceptors (Lipinski definition) is 3. The summed E-state index contributed by atoms with van der Waals surface area (Å²) < 4.78 is 1.85. The number of carbonyl (C=O) groups is 1. The number of carbonyl (C=O) groups excluding carboxylic acids is 1. The third-order valence-electron chi connectivity index (χ3n) is 3.24. The van der Waals surface area contributed by atoms with E-state index in [0.717, 1.165) is 19.4 Å². The maximum Gasteiger partial charge on any atom is 0.225 e. The van der Waals surface area contributed by atoms with Gasteiger partial charge in [0.15, 0.2) is 5.82 Å². The second-order valence-electron chi connectivity index (χ2n) is 5.55. The topological polar surface area (TPSA) is 59.8 Å². The molecule has 112 valence electrons.